The van der Waals surface area contributed by atoms with Crippen molar-refractivity contribution < 1.29 is 9.53 Å². The summed E-state index contributed by atoms with van der Waals surface area (Å²) in [4.78, 5) is 13.7. The van der Waals surface area contributed by atoms with Gasteiger partial charge in [-0.15, -0.1) is 0 Å². The number of benzene rings is 2. The van der Waals surface area contributed by atoms with Crippen molar-refractivity contribution in [2.75, 3.05) is 18.0 Å². The van der Waals surface area contributed by atoms with Crippen LogP contribution in [-0.2, 0) is 4.79 Å². The topological polar surface area (TPSA) is 29.5 Å². The molecule has 0 bridgehead atoms. The number of Topliss-reactive ketones (excluding diaryl/α,β-unsaturated/α-hetero) is 1. The van der Waals surface area contributed by atoms with E-state index in [2.05, 4.69) is 56.0 Å². The molecule has 0 spiro atoms. The van der Waals surface area contributed by atoms with Crippen LogP contribution < -0.4 is 9.64 Å². The third kappa shape index (κ3) is 4.46. The molecule has 0 aromatic heterocycles. The van der Waals surface area contributed by atoms with Crippen molar-refractivity contribution in [1.29, 1.82) is 0 Å². The second-order valence-corrected chi connectivity index (χ2v) is 7.62. The van der Waals surface area contributed by atoms with E-state index < -0.39 is 0 Å². The average Bonchev–Trinajstić information content (AvgIpc) is 3.06. The predicted octanol–water partition coefficient (Wildman–Crippen LogP) is 5.04. The first-order chi connectivity index (χ1) is 12.4. The van der Waals surface area contributed by atoms with Gasteiger partial charge >= 0.3 is 0 Å². The molecule has 0 amide bonds. The highest BCUT2D eigenvalue weighted by Crippen LogP contribution is 2.27. The number of nitrogens with zero attached hydrogens (tertiary/aromatic N) is 1. The van der Waals surface area contributed by atoms with Crippen molar-refractivity contribution in [1.82, 2.24) is 0 Å². The molecule has 0 N–H and O–H groups in total. The summed E-state index contributed by atoms with van der Waals surface area (Å²) in [7, 11) is 0. The first kappa shape index (κ1) is 18.5. The average molecular weight is 351 g/mol. The molecule has 2 aromatic rings. The third-order valence-electron chi connectivity index (χ3n) is 5.35. The maximum absolute atomic E-state index is 11.3. The molecule has 26 heavy (non-hydrogen) atoms. The van der Waals surface area contributed by atoms with Gasteiger partial charge in [0.05, 0.1) is 6.54 Å². The Balaban J connectivity index is 1.58. The van der Waals surface area contributed by atoms with Crippen LogP contribution in [0, 0.1) is 13.8 Å². The summed E-state index contributed by atoms with van der Waals surface area (Å²) in [5.41, 5.74) is 5.14. The Kier molecular flexibility index (Phi) is 5.65. The van der Waals surface area contributed by atoms with Crippen LogP contribution in [0.15, 0.2) is 42.5 Å². The molecule has 1 aliphatic rings. The smallest absolute Gasteiger partial charge is 0.130 e. The zero-order valence-corrected chi connectivity index (χ0v) is 16.3. The molecule has 3 rings (SSSR count). The van der Waals surface area contributed by atoms with Crippen LogP contribution in [0.1, 0.15) is 49.3 Å². The third-order valence-corrected chi connectivity index (χ3v) is 5.35. The zero-order chi connectivity index (χ0) is 18.7. The van der Waals surface area contributed by atoms with E-state index in [1.54, 1.807) is 6.92 Å². The van der Waals surface area contributed by atoms with Crippen LogP contribution in [0.2, 0.25) is 0 Å². The Morgan fingerprint density at radius 3 is 2.54 bits per heavy atom. The van der Waals surface area contributed by atoms with Gasteiger partial charge in [-0.25, -0.2) is 0 Å². The van der Waals surface area contributed by atoms with Gasteiger partial charge in [-0.1, -0.05) is 25.1 Å². The van der Waals surface area contributed by atoms with E-state index in [9.17, 15) is 4.79 Å². The minimum absolute atomic E-state index is 0.220. The van der Waals surface area contributed by atoms with Crippen molar-refractivity contribution in [3.05, 3.63) is 59.2 Å². The highest BCUT2D eigenvalue weighted by Gasteiger charge is 2.24. The van der Waals surface area contributed by atoms with E-state index in [0.29, 0.717) is 6.42 Å². The fraction of sp³-hybridized carbons (Fsp3) is 0.435. The lowest BCUT2D eigenvalue weighted by atomic mass is 9.96. The number of ketones is 1. The summed E-state index contributed by atoms with van der Waals surface area (Å²) in [5.74, 6) is 1.40. The highest BCUT2D eigenvalue weighted by atomic mass is 16.5. The zero-order valence-electron chi connectivity index (χ0n) is 16.3. The number of carbonyl (C=O) groups is 1. The fourth-order valence-corrected chi connectivity index (χ4v) is 3.60. The monoisotopic (exact) mass is 351 g/mol. The van der Waals surface area contributed by atoms with Crippen LogP contribution in [0.25, 0.3) is 0 Å². The Labute approximate surface area is 157 Å². The molecule has 0 aliphatic carbocycles. The van der Waals surface area contributed by atoms with Crippen LogP contribution in [0.3, 0.4) is 0 Å². The first-order valence-corrected chi connectivity index (χ1v) is 9.50. The number of aryl methyl sites for hydroxylation is 2. The van der Waals surface area contributed by atoms with E-state index in [1.807, 2.05) is 12.1 Å². The van der Waals surface area contributed by atoms with E-state index >= 15 is 0 Å². The largest absolute Gasteiger partial charge is 0.489 e. The highest BCUT2D eigenvalue weighted by molar-refractivity contribution is 5.76. The number of ether oxygens (including phenoxy) is 1. The summed E-state index contributed by atoms with van der Waals surface area (Å²) in [6, 6.07) is 14.9. The van der Waals surface area contributed by atoms with Crippen molar-refractivity contribution in [2.24, 2.45) is 0 Å². The van der Waals surface area contributed by atoms with Gasteiger partial charge in [0.25, 0.3) is 0 Å². The van der Waals surface area contributed by atoms with Gasteiger partial charge in [-0.3, -0.25) is 0 Å². The van der Waals surface area contributed by atoms with Crippen molar-refractivity contribution >= 4 is 11.5 Å². The van der Waals surface area contributed by atoms with Crippen molar-refractivity contribution in [3.63, 3.8) is 0 Å². The van der Waals surface area contributed by atoms with Gasteiger partial charge in [0.15, 0.2) is 0 Å². The molecule has 0 saturated carbocycles. The van der Waals surface area contributed by atoms with E-state index in [-0.39, 0.29) is 17.8 Å². The molecule has 1 unspecified atom stereocenters. The van der Waals surface area contributed by atoms with Gasteiger partial charge in [0.1, 0.15) is 17.6 Å². The summed E-state index contributed by atoms with van der Waals surface area (Å²) in [6.07, 6.45) is 1.85. The summed E-state index contributed by atoms with van der Waals surface area (Å²) >= 11 is 0. The van der Waals surface area contributed by atoms with Gasteiger partial charge < -0.3 is 14.4 Å². The number of anilines is 1. The van der Waals surface area contributed by atoms with Crippen LogP contribution in [0.5, 0.6) is 5.75 Å². The minimum atomic E-state index is 0.220. The normalized spacial score (nSPS) is 18.0. The Morgan fingerprint density at radius 1 is 1.15 bits per heavy atom. The van der Waals surface area contributed by atoms with E-state index in [0.717, 1.165) is 25.3 Å². The number of rotatable bonds is 6. The predicted molar refractivity (Wildman–Crippen MR) is 107 cm³/mol. The second-order valence-electron chi connectivity index (χ2n) is 7.62. The SMILES string of the molecule is CC(=O)C[C@@H](C)c1ccc(OC2CCN(c3ccc(C)c(C)c3)C2)cc1. The molecule has 138 valence electrons. The molecule has 1 heterocycles. The minimum Gasteiger partial charge on any atom is -0.489 e. The molecule has 1 saturated heterocycles. The first-order valence-electron chi connectivity index (χ1n) is 9.50. The number of hydrogen-bond donors (Lipinski definition) is 0. The molecule has 2 atom stereocenters. The maximum atomic E-state index is 11.3. The van der Waals surface area contributed by atoms with Gasteiger partial charge in [0.2, 0.25) is 0 Å². The molecule has 3 nitrogen and oxygen atoms in total. The molecule has 1 fully saturated rings. The lowest BCUT2D eigenvalue weighted by Gasteiger charge is -2.20. The molecule has 3 heteroatoms. The van der Waals surface area contributed by atoms with Crippen LogP contribution in [-0.4, -0.2) is 25.0 Å². The van der Waals surface area contributed by atoms with Crippen molar-refractivity contribution in [3.8, 4) is 5.75 Å². The molecule has 2 aromatic carbocycles. The Morgan fingerprint density at radius 2 is 1.88 bits per heavy atom. The maximum Gasteiger partial charge on any atom is 0.130 e. The number of hydrogen-bond acceptors (Lipinski definition) is 3. The van der Waals surface area contributed by atoms with Crippen LogP contribution in [0.4, 0.5) is 5.69 Å². The summed E-state index contributed by atoms with van der Waals surface area (Å²) in [5, 5.41) is 0. The van der Waals surface area contributed by atoms with Gasteiger partial charge in [-0.2, -0.15) is 0 Å². The Bertz CT molecular complexity index is 766. The lowest BCUT2D eigenvalue weighted by Crippen LogP contribution is -2.24. The Hall–Kier alpha value is -2.29. The molecular weight excluding hydrogens is 322 g/mol. The number of carbonyl (C=O) groups excluding carboxylic acids is 1. The van der Waals surface area contributed by atoms with E-state index in [4.69, 9.17) is 4.74 Å². The second kappa shape index (κ2) is 7.94. The quantitative estimate of drug-likeness (QED) is 0.730. The molecule has 0 radical (unpaired) electrons. The lowest BCUT2D eigenvalue weighted by molar-refractivity contribution is -0.117. The molecule has 1 aliphatic heterocycles. The van der Waals surface area contributed by atoms with Gasteiger partial charge in [-0.05, 0) is 67.6 Å². The summed E-state index contributed by atoms with van der Waals surface area (Å²) < 4.78 is 6.19. The van der Waals surface area contributed by atoms with Crippen LogP contribution >= 0.6 is 0 Å². The molecular formula is C23H29NO2. The van der Waals surface area contributed by atoms with Gasteiger partial charge in [0, 0.05) is 25.1 Å². The van der Waals surface area contributed by atoms with Crippen molar-refractivity contribution in [2.45, 2.75) is 52.6 Å². The summed E-state index contributed by atoms with van der Waals surface area (Å²) in [6.45, 7) is 10.0. The van der Waals surface area contributed by atoms with E-state index in [1.165, 1.54) is 22.4 Å². The standard InChI is InChI=1S/C23H29NO2/c1-16-5-8-21(14-17(16)2)24-12-11-23(15-24)26-22-9-6-20(7-10-22)18(3)13-19(4)25/h5-10,14,18,23H,11-13,15H2,1-4H3/t18-,23?/m1/s1. The fourth-order valence-electron chi connectivity index (χ4n) is 3.60.